The van der Waals surface area contributed by atoms with Gasteiger partial charge in [-0.1, -0.05) is 36.4 Å². The van der Waals surface area contributed by atoms with Crippen molar-refractivity contribution in [3.8, 4) is 0 Å². The maximum atomic E-state index is 11.6. The lowest BCUT2D eigenvalue weighted by atomic mass is 10.1. The zero-order chi connectivity index (χ0) is 16.4. The zero-order valence-corrected chi connectivity index (χ0v) is 11.8. The highest BCUT2D eigenvalue weighted by molar-refractivity contribution is 5.80. The molecule has 0 saturated heterocycles. The monoisotopic (exact) mass is 307 g/mol. The largest absolute Gasteiger partial charge is 0.480 e. The second-order valence-electron chi connectivity index (χ2n) is 4.41. The third-order valence-corrected chi connectivity index (χ3v) is 2.69. The maximum absolute atomic E-state index is 11.6. The summed E-state index contributed by atoms with van der Waals surface area (Å²) in [6.45, 7) is 0.0396. The van der Waals surface area contributed by atoms with Crippen LogP contribution in [0.1, 0.15) is 18.4 Å². The second kappa shape index (κ2) is 9.17. The summed E-state index contributed by atoms with van der Waals surface area (Å²) in [6, 6.07) is 7.84. The number of aliphatic carboxylic acids is 2. The van der Waals surface area contributed by atoms with Crippen LogP contribution in [0.15, 0.2) is 42.5 Å². The molecular weight excluding hydrogens is 290 g/mol. The van der Waals surface area contributed by atoms with E-state index in [1.54, 1.807) is 24.3 Å². The highest BCUT2D eigenvalue weighted by atomic mass is 16.5. The molecule has 0 aromatic heterocycles. The lowest BCUT2D eigenvalue weighted by Crippen LogP contribution is -2.40. The molecule has 7 heteroatoms. The summed E-state index contributed by atoms with van der Waals surface area (Å²) in [6.07, 6.45) is 1.70. The van der Waals surface area contributed by atoms with E-state index in [1.165, 1.54) is 6.08 Å². The van der Waals surface area contributed by atoms with Crippen LogP contribution >= 0.6 is 0 Å². The highest BCUT2D eigenvalue weighted by Gasteiger charge is 2.19. The molecule has 0 fully saturated rings. The normalized spacial score (nSPS) is 11.8. The predicted octanol–water partition coefficient (Wildman–Crippen LogP) is 1.79. The number of nitrogens with one attached hydrogen (secondary N) is 1. The first-order chi connectivity index (χ1) is 10.5. The first-order valence-corrected chi connectivity index (χ1v) is 6.58. The van der Waals surface area contributed by atoms with Crippen LogP contribution in [0.2, 0.25) is 0 Å². The zero-order valence-electron chi connectivity index (χ0n) is 11.8. The van der Waals surface area contributed by atoms with Crippen LogP contribution in [0.4, 0.5) is 4.79 Å². The lowest BCUT2D eigenvalue weighted by Gasteiger charge is -2.13. The number of hydrogen-bond donors (Lipinski definition) is 3. The molecule has 0 saturated carbocycles. The van der Waals surface area contributed by atoms with Gasteiger partial charge in [-0.3, -0.25) is 0 Å². The van der Waals surface area contributed by atoms with Gasteiger partial charge in [0.15, 0.2) is 0 Å². The van der Waals surface area contributed by atoms with Gasteiger partial charge in [-0.2, -0.15) is 0 Å². The summed E-state index contributed by atoms with van der Waals surface area (Å²) in [7, 11) is 0. The van der Waals surface area contributed by atoms with E-state index < -0.39 is 24.1 Å². The van der Waals surface area contributed by atoms with E-state index in [2.05, 4.69) is 5.32 Å². The number of rotatable bonds is 8. The Labute approximate surface area is 127 Å². The van der Waals surface area contributed by atoms with Gasteiger partial charge in [0.05, 0.1) is 0 Å². The molecule has 0 aliphatic heterocycles. The fourth-order valence-electron chi connectivity index (χ4n) is 1.61. The molecule has 0 radical (unpaired) electrons. The number of hydrogen-bond acceptors (Lipinski definition) is 4. The Morgan fingerprint density at radius 3 is 2.45 bits per heavy atom. The van der Waals surface area contributed by atoms with Crippen molar-refractivity contribution in [1.29, 1.82) is 0 Å². The Bertz CT molecular complexity index is 540. The third-order valence-electron chi connectivity index (χ3n) is 2.69. The average molecular weight is 307 g/mol. The molecule has 1 rings (SSSR count). The van der Waals surface area contributed by atoms with Gasteiger partial charge < -0.3 is 20.3 Å². The lowest BCUT2D eigenvalue weighted by molar-refractivity contribution is -0.139. The average Bonchev–Trinajstić information content (AvgIpc) is 2.48. The molecule has 0 aliphatic rings. The molecule has 0 heterocycles. The first-order valence-electron chi connectivity index (χ1n) is 6.58. The molecule has 1 aromatic rings. The summed E-state index contributed by atoms with van der Waals surface area (Å²) in [4.78, 5) is 32.9. The SMILES string of the molecule is O=C(O)/C=C/CCC(NC(=O)OCc1ccccc1)C(=O)O. The van der Waals surface area contributed by atoms with Gasteiger partial charge in [0.1, 0.15) is 12.6 Å². The van der Waals surface area contributed by atoms with Crippen LogP contribution in [0, 0.1) is 0 Å². The van der Waals surface area contributed by atoms with Crippen molar-refractivity contribution in [3.63, 3.8) is 0 Å². The van der Waals surface area contributed by atoms with Crippen LogP contribution in [0.3, 0.4) is 0 Å². The van der Waals surface area contributed by atoms with Crippen LogP contribution < -0.4 is 5.32 Å². The number of carboxylic acid groups (broad SMARTS) is 2. The van der Waals surface area contributed by atoms with Crippen molar-refractivity contribution < 1.29 is 29.3 Å². The summed E-state index contributed by atoms with van der Waals surface area (Å²) in [5.74, 6) is -2.32. The third kappa shape index (κ3) is 7.09. The Balaban J connectivity index is 2.40. The topological polar surface area (TPSA) is 113 Å². The Morgan fingerprint density at radius 1 is 1.18 bits per heavy atom. The van der Waals surface area contributed by atoms with E-state index >= 15 is 0 Å². The fraction of sp³-hybridized carbons (Fsp3) is 0.267. The summed E-state index contributed by atoms with van der Waals surface area (Å²) < 4.78 is 4.93. The van der Waals surface area contributed by atoms with Gasteiger partial charge in [-0.25, -0.2) is 14.4 Å². The molecule has 7 nitrogen and oxygen atoms in total. The van der Waals surface area contributed by atoms with Gasteiger partial charge in [-0.15, -0.1) is 0 Å². The van der Waals surface area contributed by atoms with E-state index in [-0.39, 0.29) is 19.4 Å². The Morgan fingerprint density at radius 2 is 1.86 bits per heavy atom. The van der Waals surface area contributed by atoms with E-state index in [0.29, 0.717) is 0 Å². The van der Waals surface area contributed by atoms with Gasteiger partial charge in [0.25, 0.3) is 0 Å². The van der Waals surface area contributed by atoms with E-state index in [4.69, 9.17) is 14.9 Å². The number of carbonyl (C=O) groups is 3. The standard InChI is InChI=1S/C15H17NO6/c17-13(18)9-5-4-8-12(14(19)20)16-15(21)22-10-11-6-2-1-3-7-11/h1-3,5-7,9,12H,4,8,10H2,(H,16,21)(H,17,18)(H,19,20)/b9-5+. The number of alkyl carbamates (subject to hydrolysis) is 1. The second-order valence-corrected chi connectivity index (χ2v) is 4.41. The molecule has 118 valence electrons. The van der Waals surface area contributed by atoms with Crippen molar-refractivity contribution in [2.24, 2.45) is 0 Å². The van der Waals surface area contributed by atoms with Gasteiger partial charge >= 0.3 is 18.0 Å². The number of amides is 1. The highest BCUT2D eigenvalue weighted by Crippen LogP contribution is 2.03. The van der Waals surface area contributed by atoms with Crippen LogP contribution in [-0.4, -0.2) is 34.3 Å². The molecule has 1 unspecified atom stereocenters. The Hall–Kier alpha value is -2.83. The molecule has 1 atom stereocenters. The number of benzene rings is 1. The molecule has 3 N–H and O–H groups in total. The molecule has 0 bridgehead atoms. The van der Waals surface area contributed by atoms with Gasteiger partial charge in [-0.05, 0) is 18.4 Å². The number of carbonyl (C=O) groups excluding carboxylic acids is 1. The minimum Gasteiger partial charge on any atom is -0.480 e. The van der Waals surface area contributed by atoms with Crippen molar-refractivity contribution in [2.75, 3.05) is 0 Å². The van der Waals surface area contributed by atoms with E-state index in [0.717, 1.165) is 11.6 Å². The van der Waals surface area contributed by atoms with Crippen molar-refractivity contribution >= 4 is 18.0 Å². The quantitative estimate of drug-likeness (QED) is 0.631. The molecule has 22 heavy (non-hydrogen) atoms. The predicted molar refractivity (Wildman–Crippen MR) is 77.2 cm³/mol. The van der Waals surface area contributed by atoms with Crippen molar-refractivity contribution in [3.05, 3.63) is 48.0 Å². The Kier molecular flexibility index (Phi) is 7.18. The van der Waals surface area contributed by atoms with E-state index in [1.807, 2.05) is 6.07 Å². The van der Waals surface area contributed by atoms with Crippen molar-refractivity contribution in [1.82, 2.24) is 5.32 Å². The summed E-state index contributed by atoms with van der Waals surface area (Å²) in [5.41, 5.74) is 0.786. The summed E-state index contributed by atoms with van der Waals surface area (Å²) >= 11 is 0. The molecule has 0 spiro atoms. The summed E-state index contributed by atoms with van der Waals surface area (Å²) in [5, 5.41) is 19.7. The van der Waals surface area contributed by atoms with Crippen LogP contribution in [0.25, 0.3) is 0 Å². The fourth-order valence-corrected chi connectivity index (χ4v) is 1.61. The minimum absolute atomic E-state index is 0.0396. The van der Waals surface area contributed by atoms with Gasteiger partial charge in [0, 0.05) is 6.08 Å². The molecular formula is C15H17NO6. The minimum atomic E-state index is -1.21. The smallest absolute Gasteiger partial charge is 0.408 e. The van der Waals surface area contributed by atoms with Crippen LogP contribution in [0.5, 0.6) is 0 Å². The molecule has 1 aromatic carbocycles. The number of allylic oxidation sites excluding steroid dienone is 1. The van der Waals surface area contributed by atoms with Gasteiger partial charge in [0.2, 0.25) is 0 Å². The number of carboxylic acids is 2. The number of ether oxygens (including phenoxy) is 1. The molecule has 0 aliphatic carbocycles. The first kappa shape index (κ1) is 17.2. The van der Waals surface area contributed by atoms with Crippen molar-refractivity contribution in [2.45, 2.75) is 25.5 Å². The van der Waals surface area contributed by atoms with E-state index in [9.17, 15) is 14.4 Å². The van der Waals surface area contributed by atoms with Crippen LogP contribution in [-0.2, 0) is 20.9 Å². The molecule has 1 amide bonds. The maximum Gasteiger partial charge on any atom is 0.408 e.